The molecule has 0 saturated carbocycles. The van der Waals surface area contributed by atoms with Gasteiger partial charge in [0.15, 0.2) is 6.79 Å². The molecule has 0 atom stereocenters. The fourth-order valence-corrected chi connectivity index (χ4v) is 1.25. The Bertz CT molecular complexity index is 357. The molecule has 0 aliphatic heterocycles. The molecule has 4 nitrogen and oxygen atoms in total. The molecule has 4 heteroatoms. The molecule has 76 valence electrons. The molecular formula is C10H12O4. The van der Waals surface area contributed by atoms with E-state index < -0.39 is 12.8 Å². The summed E-state index contributed by atoms with van der Waals surface area (Å²) in [6.45, 7) is 3.01. The summed E-state index contributed by atoms with van der Waals surface area (Å²) in [5.41, 5.74) is 1.57. The maximum atomic E-state index is 10.8. The maximum absolute atomic E-state index is 10.8. The van der Waals surface area contributed by atoms with Crippen LogP contribution in [0.1, 0.15) is 21.5 Å². The number of hydrogen-bond acceptors (Lipinski definition) is 3. The number of carboxylic acid groups (broad SMARTS) is 1. The minimum absolute atomic E-state index is 0.257. The number of aryl methyl sites for hydroxylation is 2. The van der Waals surface area contributed by atoms with Crippen molar-refractivity contribution in [3.8, 4) is 5.75 Å². The third kappa shape index (κ3) is 2.03. The van der Waals surface area contributed by atoms with E-state index in [4.69, 9.17) is 14.9 Å². The van der Waals surface area contributed by atoms with E-state index in [2.05, 4.69) is 0 Å². The maximum Gasteiger partial charge on any atom is 0.335 e. The Morgan fingerprint density at radius 2 is 2.00 bits per heavy atom. The first kappa shape index (κ1) is 10.5. The van der Waals surface area contributed by atoms with Crippen molar-refractivity contribution >= 4 is 5.97 Å². The summed E-state index contributed by atoms with van der Waals surface area (Å²) in [6.07, 6.45) is 0. The fourth-order valence-electron chi connectivity index (χ4n) is 1.25. The molecule has 0 radical (unpaired) electrons. The molecule has 0 bridgehead atoms. The summed E-state index contributed by atoms with van der Waals surface area (Å²) in [4.78, 5) is 10.8. The molecule has 1 aromatic rings. The minimum Gasteiger partial charge on any atom is -0.478 e. The zero-order valence-electron chi connectivity index (χ0n) is 8.07. The van der Waals surface area contributed by atoms with Gasteiger partial charge in [0.05, 0.1) is 5.56 Å². The molecule has 0 amide bonds. The van der Waals surface area contributed by atoms with Gasteiger partial charge >= 0.3 is 5.97 Å². The molecule has 14 heavy (non-hydrogen) atoms. The number of carbonyl (C=O) groups is 1. The summed E-state index contributed by atoms with van der Waals surface area (Å²) in [5, 5.41) is 17.4. The van der Waals surface area contributed by atoms with Crippen LogP contribution in [0.3, 0.4) is 0 Å². The van der Waals surface area contributed by atoms with Crippen LogP contribution in [0.5, 0.6) is 5.75 Å². The summed E-state index contributed by atoms with van der Waals surface area (Å²) in [7, 11) is 0. The van der Waals surface area contributed by atoms with Gasteiger partial charge in [0.2, 0.25) is 0 Å². The lowest BCUT2D eigenvalue weighted by Gasteiger charge is -2.09. The van der Waals surface area contributed by atoms with Gasteiger partial charge in [0.1, 0.15) is 5.75 Å². The molecule has 0 unspecified atom stereocenters. The molecule has 0 saturated heterocycles. The number of carboxylic acids is 1. The van der Waals surface area contributed by atoms with Crippen molar-refractivity contribution in [1.82, 2.24) is 0 Å². The van der Waals surface area contributed by atoms with Gasteiger partial charge in [-0.25, -0.2) is 4.79 Å². The second kappa shape index (κ2) is 4.11. The fraction of sp³-hybridized carbons (Fsp3) is 0.300. The lowest BCUT2D eigenvalue weighted by atomic mass is 10.0. The van der Waals surface area contributed by atoms with Crippen LogP contribution in [0.2, 0.25) is 0 Å². The predicted molar refractivity (Wildman–Crippen MR) is 50.6 cm³/mol. The Hall–Kier alpha value is -1.55. The SMILES string of the molecule is Cc1cc(C(=O)O)c(C)cc1OCO. The predicted octanol–water partition coefficient (Wildman–Crippen LogP) is 1.33. The van der Waals surface area contributed by atoms with Crippen molar-refractivity contribution in [2.45, 2.75) is 13.8 Å². The number of aromatic carboxylic acids is 1. The lowest BCUT2D eigenvalue weighted by molar-refractivity contribution is 0.0696. The van der Waals surface area contributed by atoms with Crippen molar-refractivity contribution in [1.29, 1.82) is 0 Å². The Kier molecular flexibility index (Phi) is 3.09. The normalized spacial score (nSPS) is 9.93. The molecule has 0 fully saturated rings. The molecule has 1 rings (SSSR count). The Labute approximate surface area is 81.8 Å². The van der Waals surface area contributed by atoms with Gasteiger partial charge in [-0.2, -0.15) is 0 Å². The number of hydrogen-bond donors (Lipinski definition) is 2. The van der Waals surface area contributed by atoms with Crippen LogP contribution in [-0.4, -0.2) is 23.0 Å². The van der Waals surface area contributed by atoms with Gasteiger partial charge in [-0.3, -0.25) is 0 Å². The zero-order chi connectivity index (χ0) is 10.7. The standard InChI is InChI=1S/C10H12O4/c1-6-4-9(14-5-11)7(2)3-8(6)10(12)13/h3-4,11H,5H2,1-2H3,(H,12,13). The van der Waals surface area contributed by atoms with Crippen LogP contribution < -0.4 is 4.74 Å². The number of ether oxygens (including phenoxy) is 1. The van der Waals surface area contributed by atoms with Crippen LogP contribution in [-0.2, 0) is 0 Å². The van der Waals surface area contributed by atoms with Crippen LogP contribution in [0.4, 0.5) is 0 Å². The molecular weight excluding hydrogens is 184 g/mol. The Balaban J connectivity index is 3.17. The van der Waals surface area contributed by atoms with Gasteiger partial charge in [-0.05, 0) is 37.1 Å². The Morgan fingerprint density at radius 3 is 2.50 bits per heavy atom. The smallest absolute Gasteiger partial charge is 0.335 e. The van der Waals surface area contributed by atoms with Crippen LogP contribution >= 0.6 is 0 Å². The van der Waals surface area contributed by atoms with E-state index in [0.29, 0.717) is 16.9 Å². The summed E-state index contributed by atoms with van der Waals surface area (Å²) in [6, 6.07) is 3.14. The number of aliphatic hydroxyl groups excluding tert-OH is 1. The van der Waals surface area contributed by atoms with Crippen LogP contribution in [0.15, 0.2) is 12.1 Å². The highest BCUT2D eigenvalue weighted by atomic mass is 16.6. The topological polar surface area (TPSA) is 66.8 Å². The van der Waals surface area contributed by atoms with E-state index in [0.717, 1.165) is 0 Å². The first-order valence-electron chi connectivity index (χ1n) is 4.14. The first-order chi connectivity index (χ1) is 6.56. The van der Waals surface area contributed by atoms with Crippen molar-refractivity contribution < 1.29 is 19.7 Å². The van der Waals surface area contributed by atoms with Crippen LogP contribution in [0, 0.1) is 13.8 Å². The monoisotopic (exact) mass is 196 g/mol. The highest BCUT2D eigenvalue weighted by Gasteiger charge is 2.10. The molecule has 0 spiro atoms. The molecule has 0 aliphatic carbocycles. The average molecular weight is 196 g/mol. The number of aliphatic hydroxyl groups is 1. The summed E-state index contributed by atoms with van der Waals surface area (Å²) < 4.78 is 4.91. The first-order valence-corrected chi connectivity index (χ1v) is 4.14. The van der Waals surface area contributed by atoms with E-state index in [9.17, 15) is 4.79 Å². The zero-order valence-corrected chi connectivity index (χ0v) is 8.07. The van der Waals surface area contributed by atoms with E-state index in [1.54, 1.807) is 19.9 Å². The second-order valence-electron chi connectivity index (χ2n) is 3.01. The highest BCUT2D eigenvalue weighted by Crippen LogP contribution is 2.22. The quantitative estimate of drug-likeness (QED) is 0.716. The van der Waals surface area contributed by atoms with E-state index in [-0.39, 0.29) is 5.56 Å². The van der Waals surface area contributed by atoms with Gasteiger partial charge in [0.25, 0.3) is 0 Å². The molecule has 0 aromatic heterocycles. The molecule has 2 N–H and O–H groups in total. The highest BCUT2D eigenvalue weighted by molar-refractivity contribution is 5.89. The molecule has 0 aliphatic rings. The number of benzene rings is 1. The van der Waals surface area contributed by atoms with E-state index in [1.165, 1.54) is 6.07 Å². The average Bonchev–Trinajstić information content (AvgIpc) is 2.10. The Morgan fingerprint density at radius 1 is 1.36 bits per heavy atom. The third-order valence-corrected chi connectivity index (χ3v) is 1.97. The van der Waals surface area contributed by atoms with Gasteiger partial charge in [-0.15, -0.1) is 0 Å². The second-order valence-corrected chi connectivity index (χ2v) is 3.01. The molecule has 0 heterocycles. The van der Waals surface area contributed by atoms with Crippen LogP contribution in [0.25, 0.3) is 0 Å². The summed E-state index contributed by atoms with van der Waals surface area (Å²) in [5.74, 6) is -0.448. The van der Waals surface area contributed by atoms with Crippen molar-refractivity contribution in [2.75, 3.05) is 6.79 Å². The van der Waals surface area contributed by atoms with Gasteiger partial charge in [0, 0.05) is 0 Å². The van der Waals surface area contributed by atoms with Crippen molar-refractivity contribution in [3.63, 3.8) is 0 Å². The van der Waals surface area contributed by atoms with Crippen molar-refractivity contribution in [2.24, 2.45) is 0 Å². The van der Waals surface area contributed by atoms with Gasteiger partial charge < -0.3 is 14.9 Å². The number of rotatable bonds is 3. The minimum atomic E-state index is -0.957. The van der Waals surface area contributed by atoms with E-state index >= 15 is 0 Å². The third-order valence-electron chi connectivity index (χ3n) is 1.97. The van der Waals surface area contributed by atoms with Gasteiger partial charge in [-0.1, -0.05) is 0 Å². The lowest BCUT2D eigenvalue weighted by Crippen LogP contribution is -2.03. The molecule has 1 aromatic carbocycles. The van der Waals surface area contributed by atoms with Crippen molar-refractivity contribution in [3.05, 3.63) is 28.8 Å². The van der Waals surface area contributed by atoms with E-state index in [1.807, 2.05) is 0 Å². The summed E-state index contributed by atoms with van der Waals surface area (Å²) >= 11 is 0. The largest absolute Gasteiger partial charge is 0.478 e.